The van der Waals surface area contributed by atoms with Crippen LogP contribution in [-0.4, -0.2) is 25.8 Å². The molecule has 0 bridgehead atoms. The third-order valence-electron chi connectivity index (χ3n) is 2.75. The standard InChI is InChI=1S/C12H12N4O/c13-6-9-2-1-3-11(12(9)15)16-4-5-17-10(7-14)8-16/h1-3,10H,4-5,8,15H2. The Morgan fingerprint density at radius 2 is 2.24 bits per heavy atom. The van der Waals surface area contributed by atoms with Gasteiger partial charge in [-0.15, -0.1) is 0 Å². The minimum Gasteiger partial charge on any atom is -0.396 e. The number of nitrogen functional groups attached to an aromatic ring is 1. The second-order valence-corrected chi connectivity index (χ2v) is 3.78. The van der Waals surface area contributed by atoms with Crippen molar-refractivity contribution in [3.05, 3.63) is 23.8 Å². The Balaban J connectivity index is 2.29. The molecule has 1 unspecified atom stereocenters. The number of nitrogens with zero attached hydrogens (tertiary/aromatic N) is 3. The van der Waals surface area contributed by atoms with Crippen molar-refractivity contribution in [2.75, 3.05) is 30.3 Å². The molecule has 1 atom stereocenters. The molecule has 1 aliphatic rings. The number of rotatable bonds is 1. The summed E-state index contributed by atoms with van der Waals surface area (Å²) in [6.07, 6.45) is -0.436. The van der Waals surface area contributed by atoms with Gasteiger partial charge < -0.3 is 15.4 Å². The maximum atomic E-state index is 8.91. The number of hydrogen-bond donors (Lipinski definition) is 1. The molecule has 2 rings (SSSR count). The molecule has 5 heteroatoms. The molecule has 0 aliphatic carbocycles. The van der Waals surface area contributed by atoms with Gasteiger partial charge in [-0.2, -0.15) is 10.5 Å². The summed E-state index contributed by atoms with van der Waals surface area (Å²) in [5.74, 6) is 0. The second kappa shape index (κ2) is 4.73. The summed E-state index contributed by atoms with van der Waals surface area (Å²) in [4.78, 5) is 1.98. The van der Waals surface area contributed by atoms with Crippen LogP contribution in [0.25, 0.3) is 0 Å². The summed E-state index contributed by atoms with van der Waals surface area (Å²) in [6, 6.07) is 9.47. The predicted octanol–water partition coefficient (Wildman–Crippen LogP) is 0.869. The molecule has 0 radical (unpaired) electrons. The SMILES string of the molecule is N#Cc1cccc(N2CCOC(C#N)C2)c1N. The van der Waals surface area contributed by atoms with E-state index in [9.17, 15) is 0 Å². The molecule has 0 saturated carbocycles. The summed E-state index contributed by atoms with van der Waals surface area (Å²) in [6.45, 7) is 1.65. The lowest BCUT2D eigenvalue weighted by Gasteiger charge is -2.32. The monoisotopic (exact) mass is 228 g/mol. The predicted molar refractivity (Wildman–Crippen MR) is 63.1 cm³/mol. The molecule has 17 heavy (non-hydrogen) atoms. The number of nitriles is 2. The first kappa shape index (κ1) is 11.3. The summed E-state index contributed by atoms with van der Waals surface area (Å²) in [7, 11) is 0. The lowest BCUT2D eigenvalue weighted by Crippen LogP contribution is -2.42. The van der Waals surface area contributed by atoms with Gasteiger partial charge >= 0.3 is 0 Å². The molecule has 5 nitrogen and oxygen atoms in total. The van der Waals surface area contributed by atoms with E-state index in [1.165, 1.54) is 0 Å². The molecule has 1 saturated heterocycles. The van der Waals surface area contributed by atoms with Gasteiger partial charge in [0.1, 0.15) is 6.07 Å². The Morgan fingerprint density at radius 3 is 2.94 bits per heavy atom. The van der Waals surface area contributed by atoms with Crippen LogP contribution in [0.1, 0.15) is 5.56 Å². The fraction of sp³-hybridized carbons (Fsp3) is 0.333. The minimum absolute atomic E-state index is 0.436. The Bertz CT molecular complexity index is 500. The van der Waals surface area contributed by atoms with E-state index in [0.29, 0.717) is 30.9 Å². The van der Waals surface area contributed by atoms with Gasteiger partial charge in [-0.1, -0.05) is 6.07 Å². The summed E-state index contributed by atoms with van der Waals surface area (Å²) < 4.78 is 5.27. The Kier molecular flexibility index (Phi) is 3.13. The first-order valence-corrected chi connectivity index (χ1v) is 5.31. The second-order valence-electron chi connectivity index (χ2n) is 3.78. The van der Waals surface area contributed by atoms with Gasteiger partial charge in [0.2, 0.25) is 0 Å². The highest BCUT2D eigenvalue weighted by atomic mass is 16.5. The van der Waals surface area contributed by atoms with Gasteiger partial charge in [0, 0.05) is 6.54 Å². The summed E-state index contributed by atoms with van der Waals surface area (Å²) in [5, 5.41) is 17.8. The number of hydrogen-bond acceptors (Lipinski definition) is 5. The zero-order chi connectivity index (χ0) is 12.3. The van der Waals surface area contributed by atoms with Gasteiger partial charge in [0.15, 0.2) is 6.10 Å². The van der Waals surface area contributed by atoms with E-state index in [1.54, 1.807) is 12.1 Å². The molecule has 1 aromatic carbocycles. The van der Waals surface area contributed by atoms with E-state index in [-0.39, 0.29) is 0 Å². The van der Waals surface area contributed by atoms with Crippen LogP contribution in [0.5, 0.6) is 0 Å². The average Bonchev–Trinajstić information content (AvgIpc) is 2.39. The van der Waals surface area contributed by atoms with Crippen molar-refractivity contribution < 1.29 is 4.74 Å². The van der Waals surface area contributed by atoms with Crippen LogP contribution in [0.2, 0.25) is 0 Å². The molecule has 86 valence electrons. The largest absolute Gasteiger partial charge is 0.396 e. The Labute approximate surface area is 99.6 Å². The van der Waals surface area contributed by atoms with Crippen LogP contribution in [0.4, 0.5) is 11.4 Å². The average molecular weight is 228 g/mol. The normalized spacial score (nSPS) is 19.4. The Hall–Kier alpha value is -2.24. The van der Waals surface area contributed by atoms with E-state index < -0.39 is 6.10 Å². The lowest BCUT2D eigenvalue weighted by molar-refractivity contribution is 0.0765. The van der Waals surface area contributed by atoms with Crippen molar-refractivity contribution in [3.63, 3.8) is 0 Å². The molecule has 1 fully saturated rings. The Morgan fingerprint density at radius 1 is 1.41 bits per heavy atom. The highest BCUT2D eigenvalue weighted by Crippen LogP contribution is 2.27. The molecule has 0 spiro atoms. The minimum atomic E-state index is -0.436. The highest BCUT2D eigenvalue weighted by Gasteiger charge is 2.22. The smallest absolute Gasteiger partial charge is 0.161 e. The van der Waals surface area contributed by atoms with E-state index in [0.717, 1.165) is 5.69 Å². The van der Waals surface area contributed by atoms with Crippen molar-refractivity contribution in [1.82, 2.24) is 0 Å². The maximum Gasteiger partial charge on any atom is 0.161 e. The number of para-hydroxylation sites is 1. The van der Waals surface area contributed by atoms with Crippen LogP contribution in [-0.2, 0) is 4.74 Å². The maximum absolute atomic E-state index is 8.91. The molecular weight excluding hydrogens is 216 g/mol. The van der Waals surface area contributed by atoms with Gasteiger partial charge in [0.25, 0.3) is 0 Å². The number of morpholine rings is 1. The van der Waals surface area contributed by atoms with Crippen LogP contribution in [0.15, 0.2) is 18.2 Å². The van der Waals surface area contributed by atoms with Gasteiger partial charge in [0.05, 0.1) is 36.2 Å². The van der Waals surface area contributed by atoms with Crippen LogP contribution in [0, 0.1) is 22.7 Å². The van der Waals surface area contributed by atoms with E-state index in [2.05, 4.69) is 12.1 Å². The van der Waals surface area contributed by atoms with Crippen molar-refractivity contribution in [2.24, 2.45) is 0 Å². The van der Waals surface area contributed by atoms with E-state index in [4.69, 9.17) is 21.0 Å². The lowest BCUT2D eigenvalue weighted by atomic mass is 10.1. The van der Waals surface area contributed by atoms with Gasteiger partial charge in [-0.05, 0) is 12.1 Å². The molecule has 0 aromatic heterocycles. The molecule has 1 aliphatic heterocycles. The topological polar surface area (TPSA) is 86.1 Å². The van der Waals surface area contributed by atoms with Crippen LogP contribution < -0.4 is 10.6 Å². The first-order chi connectivity index (χ1) is 8.26. The van der Waals surface area contributed by atoms with Gasteiger partial charge in [-0.3, -0.25) is 0 Å². The molecule has 2 N–H and O–H groups in total. The summed E-state index contributed by atoms with van der Waals surface area (Å²) >= 11 is 0. The molecule has 0 amide bonds. The number of benzene rings is 1. The zero-order valence-corrected chi connectivity index (χ0v) is 9.26. The third kappa shape index (κ3) is 2.15. The number of anilines is 2. The summed E-state index contributed by atoms with van der Waals surface area (Å²) in [5.41, 5.74) is 7.65. The third-order valence-corrected chi connectivity index (χ3v) is 2.75. The fourth-order valence-corrected chi connectivity index (χ4v) is 1.87. The van der Waals surface area contributed by atoms with Crippen molar-refractivity contribution in [1.29, 1.82) is 10.5 Å². The van der Waals surface area contributed by atoms with Crippen LogP contribution >= 0.6 is 0 Å². The van der Waals surface area contributed by atoms with Crippen molar-refractivity contribution in [3.8, 4) is 12.1 Å². The fourth-order valence-electron chi connectivity index (χ4n) is 1.87. The van der Waals surface area contributed by atoms with E-state index in [1.807, 2.05) is 11.0 Å². The van der Waals surface area contributed by atoms with Crippen LogP contribution in [0.3, 0.4) is 0 Å². The first-order valence-electron chi connectivity index (χ1n) is 5.31. The number of nitrogens with two attached hydrogens (primary N) is 1. The van der Waals surface area contributed by atoms with Crippen molar-refractivity contribution in [2.45, 2.75) is 6.10 Å². The van der Waals surface area contributed by atoms with E-state index >= 15 is 0 Å². The quantitative estimate of drug-likeness (QED) is 0.721. The van der Waals surface area contributed by atoms with Gasteiger partial charge in [-0.25, -0.2) is 0 Å². The molecule has 1 heterocycles. The number of ether oxygens (including phenoxy) is 1. The van der Waals surface area contributed by atoms with Crippen molar-refractivity contribution >= 4 is 11.4 Å². The molecular formula is C12H12N4O. The highest BCUT2D eigenvalue weighted by molar-refractivity contribution is 5.74. The zero-order valence-electron chi connectivity index (χ0n) is 9.26. The molecule has 1 aromatic rings.